The maximum atomic E-state index is 13.2. The fourth-order valence-electron chi connectivity index (χ4n) is 5.98. The van der Waals surface area contributed by atoms with Crippen LogP contribution in [0.4, 0.5) is 21.5 Å². The third-order valence-corrected chi connectivity index (χ3v) is 8.94. The fraction of sp³-hybridized carbons (Fsp3) is 0.351. The van der Waals surface area contributed by atoms with Crippen LogP contribution in [-0.2, 0) is 19.1 Å². The largest absolute Gasteiger partial charge is 0.495 e. The number of piperazine rings is 1. The first kappa shape index (κ1) is 33.7. The van der Waals surface area contributed by atoms with Crippen LogP contribution in [0.1, 0.15) is 32.6 Å². The molecule has 256 valence electrons. The van der Waals surface area contributed by atoms with Crippen molar-refractivity contribution in [3.63, 3.8) is 0 Å². The summed E-state index contributed by atoms with van der Waals surface area (Å²) in [6.07, 6.45) is 3.78. The second-order valence-corrected chi connectivity index (χ2v) is 12.2. The quantitative estimate of drug-likeness (QED) is 0.130. The topological polar surface area (TPSA) is 122 Å². The second-order valence-electron chi connectivity index (χ2n) is 12.2. The molecule has 1 saturated heterocycles. The van der Waals surface area contributed by atoms with Gasteiger partial charge in [0.05, 0.1) is 24.9 Å². The molecule has 0 atom stereocenters. The minimum absolute atomic E-state index is 0.145. The maximum Gasteiger partial charge on any atom is 0.305 e. The van der Waals surface area contributed by atoms with Crippen molar-refractivity contribution in [2.75, 3.05) is 62.0 Å². The van der Waals surface area contributed by atoms with Gasteiger partial charge in [-0.3, -0.25) is 24.3 Å². The number of amides is 2. The Bertz CT molecular complexity index is 1810. The number of hydrogen-bond donors (Lipinski definition) is 2. The molecule has 11 nitrogen and oxygen atoms in total. The first-order chi connectivity index (χ1) is 23.8. The number of carbonyl (C=O) groups excluding carboxylic acids is 3. The van der Waals surface area contributed by atoms with Crippen LogP contribution in [0.2, 0.25) is 0 Å². The molecule has 2 fully saturated rings. The fourth-order valence-corrected chi connectivity index (χ4v) is 5.98. The number of aromatic nitrogens is 1. The van der Waals surface area contributed by atoms with Crippen LogP contribution in [0.25, 0.3) is 10.9 Å². The standard InChI is InChI=1S/C37H40FN5O6/c1-3-48-34(44)5-4-18-42-19-21-43(22-20-42)31-24-30-29(23-33(31)47-2)32(14-17-39-30)49-28-12-10-27(11-13-28)41-36(46)37(15-16-37)35(45)40-26-8-6-25(38)7-9-26/h6-14,17,23-24H,3-5,15-16,18-22H2,1-2H3,(H,40,45)(H,41,46). The number of rotatable bonds is 13. The molecule has 0 unspecified atom stereocenters. The van der Waals surface area contributed by atoms with Crippen LogP contribution in [0, 0.1) is 11.2 Å². The zero-order valence-corrected chi connectivity index (χ0v) is 27.7. The molecule has 0 bridgehead atoms. The molecule has 1 aliphatic heterocycles. The van der Waals surface area contributed by atoms with Crippen molar-refractivity contribution < 1.29 is 33.0 Å². The van der Waals surface area contributed by atoms with Gasteiger partial charge < -0.3 is 29.7 Å². The number of hydrogen-bond acceptors (Lipinski definition) is 9. The lowest BCUT2D eigenvalue weighted by Crippen LogP contribution is -2.46. The van der Waals surface area contributed by atoms with Crippen LogP contribution in [0.3, 0.4) is 0 Å². The number of nitrogens with zero attached hydrogens (tertiary/aromatic N) is 3. The van der Waals surface area contributed by atoms with Crippen LogP contribution in [-0.4, -0.2) is 74.1 Å². The van der Waals surface area contributed by atoms with E-state index in [2.05, 4.69) is 25.4 Å². The summed E-state index contributed by atoms with van der Waals surface area (Å²) in [4.78, 5) is 46.9. The van der Waals surface area contributed by atoms with Crippen molar-refractivity contribution in [1.29, 1.82) is 0 Å². The monoisotopic (exact) mass is 669 g/mol. The van der Waals surface area contributed by atoms with Gasteiger partial charge in [0, 0.05) is 55.6 Å². The Kier molecular flexibility index (Phi) is 10.2. The van der Waals surface area contributed by atoms with Crippen molar-refractivity contribution in [1.82, 2.24) is 9.88 Å². The van der Waals surface area contributed by atoms with E-state index in [1.54, 1.807) is 43.6 Å². The number of halogens is 1. The van der Waals surface area contributed by atoms with E-state index in [9.17, 15) is 18.8 Å². The highest BCUT2D eigenvalue weighted by molar-refractivity contribution is 6.16. The summed E-state index contributed by atoms with van der Waals surface area (Å²) in [7, 11) is 1.65. The van der Waals surface area contributed by atoms with Gasteiger partial charge in [0.2, 0.25) is 11.8 Å². The summed E-state index contributed by atoms with van der Waals surface area (Å²) in [6.45, 7) is 6.48. The Labute approximate surface area is 284 Å². The molecule has 4 aromatic rings. The maximum absolute atomic E-state index is 13.2. The zero-order valence-electron chi connectivity index (χ0n) is 27.7. The third kappa shape index (κ3) is 7.92. The van der Waals surface area contributed by atoms with Crippen molar-refractivity contribution in [2.45, 2.75) is 32.6 Å². The Morgan fingerprint density at radius 1 is 0.878 bits per heavy atom. The van der Waals surface area contributed by atoms with E-state index in [1.165, 1.54) is 24.3 Å². The Hall–Kier alpha value is -5.23. The van der Waals surface area contributed by atoms with Crippen molar-refractivity contribution in [2.24, 2.45) is 5.41 Å². The predicted molar refractivity (Wildman–Crippen MR) is 185 cm³/mol. The highest BCUT2D eigenvalue weighted by Gasteiger charge is 2.56. The smallest absolute Gasteiger partial charge is 0.305 e. The Morgan fingerprint density at radius 2 is 1.53 bits per heavy atom. The van der Waals surface area contributed by atoms with Gasteiger partial charge in [0.15, 0.2) is 0 Å². The van der Waals surface area contributed by atoms with Crippen LogP contribution in [0.5, 0.6) is 17.2 Å². The summed E-state index contributed by atoms with van der Waals surface area (Å²) in [5, 5.41) is 6.36. The van der Waals surface area contributed by atoms with Gasteiger partial charge in [-0.25, -0.2) is 4.39 Å². The lowest BCUT2D eigenvalue weighted by atomic mass is 10.0. The molecule has 2 N–H and O–H groups in total. The number of pyridine rings is 1. The highest BCUT2D eigenvalue weighted by atomic mass is 19.1. The molecule has 3 aromatic carbocycles. The van der Waals surface area contributed by atoms with Gasteiger partial charge in [-0.2, -0.15) is 0 Å². The van der Waals surface area contributed by atoms with E-state index in [1.807, 2.05) is 19.1 Å². The molecule has 0 spiro atoms. The molecule has 12 heteroatoms. The number of methoxy groups -OCH3 is 1. The van der Waals surface area contributed by atoms with Gasteiger partial charge in [-0.15, -0.1) is 0 Å². The number of benzene rings is 3. The zero-order chi connectivity index (χ0) is 34.4. The number of nitrogens with one attached hydrogen (secondary N) is 2. The highest BCUT2D eigenvalue weighted by Crippen LogP contribution is 2.47. The summed E-state index contributed by atoms with van der Waals surface area (Å²) < 4.78 is 30.3. The molecule has 1 aliphatic carbocycles. The molecule has 49 heavy (non-hydrogen) atoms. The SMILES string of the molecule is CCOC(=O)CCCN1CCN(c2cc3nccc(Oc4ccc(NC(=O)C5(C(=O)Nc6ccc(F)cc6)CC5)cc4)c3cc2OC)CC1. The average molecular weight is 670 g/mol. The van der Waals surface area contributed by atoms with E-state index >= 15 is 0 Å². The predicted octanol–water partition coefficient (Wildman–Crippen LogP) is 6.00. The number of anilines is 3. The number of fused-ring (bicyclic) bond motifs is 1. The van der Waals surface area contributed by atoms with Gasteiger partial charge in [0.1, 0.15) is 28.5 Å². The summed E-state index contributed by atoms with van der Waals surface area (Å²) in [5.41, 5.74) is 1.54. The van der Waals surface area contributed by atoms with E-state index in [0.29, 0.717) is 48.7 Å². The van der Waals surface area contributed by atoms with E-state index in [-0.39, 0.29) is 11.9 Å². The molecular weight excluding hydrogens is 629 g/mol. The molecule has 2 amide bonds. The van der Waals surface area contributed by atoms with Crippen molar-refractivity contribution in [3.05, 3.63) is 78.7 Å². The van der Waals surface area contributed by atoms with Crippen LogP contribution in [0.15, 0.2) is 72.9 Å². The minimum Gasteiger partial charge on any atom is -0.495 e. The van der Waals surface area contributed by atoms with E-state index in [0.717, 1.165) is 61.5 Å². The van der Waals surface area contributed by atoms with Crippen LogP contribution < -0.4 is 25.0 Å². The molecule has 1 saturated carbocycles. The Morgan fingerprint density at radius 3 is 2.14 bits per heavy atom. The minimum atomic E-state index is -1.16. The molecule has 6 rings (SSSR count). The van der Waals surface area contributed by atoms with Gasteiger partial charge in [-0.1, -0.05) is 0 Å². The first-order valence-electron chi connectivity index (χ1n) is 16.5. The van der Waals surface area contributed by atoms with Gasteiger partial charge >= 0.3 is 5.97 Å². The normalized spacial score (nSPS) is 15.4. The number of esters is 1. The molecular formula is C37H40FN5O6. The van der Waals surface area contributed by atoms with Gasteiger partial charge in [0.25, 0.3) is 0 Å². The Balaban J connectivity index is 1.07. The lowest BCUT2D eigenvalue weighted by molar-refractivity contribution is -0.143. The van der Waals surface area contributed by atoms with Crippen molar-refractivity contribution >= 4 is 45.7 Å². The lowest BCUT2D eigenvalue weighted by Gasteiger charge is -2.36. The molecule has 2 heterocycles. The average Bonchev–Trinajstić information content (AvgIpc) is 3.93. The molecule has 1 aromatic heterocycles. The second kappa shape index (κ2) is 14.9. The molecule has 2 aliphatic rings. The van der Waals surface area contributed by atoms with E-state index in [4.69, 9.17) is 14.2 Å². The summed E-state index contributed by atoms with van der Waals surface area (Å²) >= 11 is 0. The number of ether oxygens (including phenoxy) is 3. The third-order valence-electron chi connectivity index (χ3n) is 8.94. The van der Waals surface area contributed by atoms with E-state index < -0.39 is 17.1 Å². The van der Waals surface area contributed by atoms with Crippen LogP contribution >= 0.6 is 0 Å². The summed E-state index contributed by atoms with van der Waals surface area (Å²) in [5.74, 6) is 0.530. The van der Waals surface area contributed by atoms with Crippen molar-refractivity contribution in [3.8, 4) is 17.2 Å². The molecule has 0 radical (unpaired) electrons. The van der Waals surface area contributed by atoms with Gasteiger partial charge in [-0.05, 0) is 99.5 Å². The number of carbonyl (C=O) groups is 3. The summed E-state index contributed by atoms with van der Waals surface area (Å²) in [6, 6.07) is 18.1. The first-order valence-corrected chi connectivity index (χ1v) is 16.5.